The summed E-state index contributed by atoms with van der Waals surface area (Å²) in [6.07, 6.45) is 6.69. The largest absolute Gasteiger partial charge is 0.367 e. The Hall–Kier alpha value is -2.94. The van der Waals surface area contributed by atoms with E-state index in [1.165, 1.54) is 0 Å². The minimum atomic E-state index is 0.0769. The molecule has 25 heavy (non-hydrogen) atoms. The number of carbonyl (C=O) groups excluding carboxylic acids is 2. The summed E-state index contributed by atoms with van der Waals surface area (Å²) in [6, 6.07) is 15.5. The molecular formula is C22H19NO2. The molecule has 0 spiro atoms. The number of Topliss-reactive ketones (excluding diaryl/α,β-unsaturated/α-hetero) is 2. The van der Waals surface area contributed by atoms with E-state index < -0.39 is 0 Å². The van der Waals surface area contributed by atoms with Gasteiger partial charge < -0.3 is 5.32 Å². The third-order valence-corrected chi connectivity index (χ3v) is 4.95. The molecule has 2 aliphatic carbocycles. The number of ketones is 2. The van der Waals surface area contributed by atoms with Crippen LogP contribution in [-0.2, 0) is 12.8 Å². The van der Waals surface area contributed by atoms with Crippen molar-refractivity contribution in [2.24, 2.45) is 0 Å². The lowest BCUT2D eigenvalue weighted by atomic mass is 9.87. The van der Waals surface area contributed by atoms with Gasteiger partial charge in [-0.1, -0.05) is 48.5 Å². The van der Waals surface area contributed by atoms with Gasteiger partial charge in [0, 0.05) is 34.7 Å². The lowest BCUT2D eigenvalue weighted by Crippen LogP contribution is -2.18. The predicted molar refractivity (Wildman–Crippen MR) is 97.5 cm³/mol. The smallest absolute Gasteiger partial charge is 0.190 e. The first kappa shape index (κ1) is 15.6. The first-order valence-corrected chi connectivity index (χ1v) is 8.63. The average Bonchev–Trinajstić information content (AvgIpc) is 2.66. The molecule has 0 fully saturated rings. The van der Waals surface area contributed by atoms with E-state index in [1.54, 1.807) is 12.4 Å². The third-order valence-electron chi connectivity index (χ3n) is 4.95. The number of rotatable bonds is 2. The maximum Gasteiger partial charge on any atom is 0.190 e. The zero-order chi connectivity index (χ0) is 17.2. The van der Waals surface area contributed by atoms with Crippen molar-refractivity contribution in [1.82, 2.24) is 5.32 Å². The summed E-state index contributed by atoms with van der Waals surface area (Å²) in [5, 5.41) is 3.08. The summed E-state index contributed by atoms with van der Waals surface area (Å²) in [5.74, 6) is 0.154. The second-order valence-corrected chi connectivity index (χ2v) is 6.48. The normalized spacial score (nSPS) is 19.7. The van der Waals surface area contributed by atoms with Gasteiger partial charge >= 0.3 is 0 Å². The second kappa shape index (κ2) is 6.52. The molecule has 4 rings (SSSR count). The van der Waals surface area contributed by atoms with Crippen LogP contribution < -0.4 is 5.32 Å². The fourth-order valence-corrected chi connectivity index (χ4v) is 3.55. The van der Waals surface area contributed by atoms with Crippen LogP contribution in [0.25, 0.3) is 0 Å². The first-order valence-electron chi connectivity index (χ1n) is 8.63. The molecule has 0 amide bonds. The SMILES string of the molecule is O=C1/C(=C\N/C=C2/CCc3ccccc3C2=O)CCc2ccccc21. The Balaban J connectivity index is 1.51. The van der Waals surface area contributed by atoms with Gasteiger partial charge in [-0.05, 0) is 36.8 Å². The zero-order valence-electron chi connectivity index (χ0n) is 13.9. The first-order chi connectivity index (χ1) is 12.2. The Bertz CT molecular complexity index is 846. The maximum absolute atomic E-state index is 12.5. The number of carbonyl (C=O) groups is 2. The number of benzene rings is 2. The standard InChI is InChI=1S/C22H19NO2/c24-21-17(11-9-15-5-1-3-7-19(15)21)13-23-14-18-12-10-16-6-2-4-8-20(16)22(18)25/h1-8,13-14,23H,9-12H2/b17-13-,18-14-. The maximum atomic E-state index is 12.5. The van der Waals surface area contributed by atoms with Crippen LogP contribution in [0.4, 0.5) is 0 Å². The van der Waals surface area contributed by atoms with E-state index >= 15 is 0 Å². The van der Waals surface area contributed by atoms with Crippen LogP contribution >= 0.6 is 0 Å². The summed E-state index contributed by atoms with van der Waals surface area (Å²) in [4.78, 5) is 25.1. The summed E-state index contributed by atoms with van der Waals surface area (Å²) in [6.45, 7) is 0. The molecule has 3 heteroatoms. The Morgan fingerprint density at radius 3 is 1.56 bits per heavy atom. The summed E-state index contributed by atoms with van der Waals surface area (Å²) in [7, 11) is 0. The predicted octanol–water partition coefficient (Wildman–Crippen LogP) is 4.00. The Kier molecular flexibility index (Phi) is 4.06. The molecule has 2 aromatic rings. The van der Waals surface area contributed by atoms with E-state index in [4.69, 9.17) is 0 Å². The molecule has 0 saturated carbocycles. The van der Waals surface area contributed by atoms with Crippen LogP contribution in [0, 0.1) is 0 Å². The van der Waals surface area contributed by atoms with Crippen molar-refractivity contribution < 1.29 is 9.59 Å². The summed E-state index contributed by atoms with van der Waals surface area (Å²) < 4.78 is 0. The van der Waals surface area contributed by atoms with Crippen LogP contribution in [0.3, 0.4) is 0 Å². The molecule has 0 unspecified atom stereocenters. The average molecular weight is 329 g/mol. The highest BCUT2D eigenvalue weighted by molar-refractivity contribution is 6.11. The van der Waals surface area contributed by atoms with Crippen LogP contribution in [0.15, 0.2) is 72.1 Å². The van der Waals surface area contributed by atoms with E-state index in [9.17, 15) is 9.59 Å². The molecule has 0 bridgehead atoms. The minimum Gasteiger partial charge on any atom is -0.367 e. The molecular weight excluding hydrogens is 310 g/mol. The van der Waals surface area contributed by atoms with E-state index in [-0.39, 0.29) is 11.6 Å². The van der Waals surface area contributed by atoms with Crippen molar-refractivity contribution in [2.45, 2.75) is 25.7 Å². The molecule has 1 N–H and O–H groups in total. The minimum absolute atomic E-state index is 0.0769. The lowest BCUT2D eigenvalue weighted by molar-refractivity contribution is 0.101. The monoisotopic (exact) mass is 329 g/mol. The molecule has 0 saturated heterocycles. The van der Waals surface area contributed by atoms with Gasteiger partial charge in [-0.3, -0.25) is 9.59 Å². The number of nitrogens with one attached hydrogen (secondary N) is 1. The summed E-state index contributed by atoms with van der Waals surface area (Å²) in [5.41, 5.74) is 5.33. The second-order valence-electron chi connectivity index (χ2n) is 6.48. The van der Waals surface area contributed by atoms with Gasteiger partial charge in [0.05, 0.1) is 0 Å². The van der Waals surface area contributed by atoms with Gasteiger partial charge in [-0.2, -0.15) is 0 Å². The Labute approximate surface area is 147 Å². The molecule has 2 aliphatic rings. The molecule has 0 heterocycles. The fraction of sp³-hybridized carbons (Fsp3) is 0.182. The molecule has 0 aromatic heterocycles. The number of hydrogen-bond acceptors (Lipinski definition) is 3. The highest BCUT2D eigenvalue weighted by atomic mass is 16.1. The highest BCUT2D eigenvalue weighted by Gasteiger charge is 2.22. The fourth-order valence-electron chi connectivity index (χ4n) is 3.55. The highest BCUT2D eigenvalue weighted by Crippen LogP contribution is 2.26. The zero-order valence-corrected chi connectivity index (χ0v) is 13.9. The lowest BCUT2D eigenvalue weighted by Gasteiger charge is -2.18. The molecule has 124 valence electrons. The number of aryl methyl sites for hydroxylation is 2. The van der Waals surface area contributed by atoms with Crippen molar-refractivity contribution >= 4 is 11.6 Å². The van der Waals surface area contributed by atoms with E-state index in [0.717, 1.165) is 59.1 Å². The van der Waals surface area contributed by atoms with Crippen LogP contribution in [0.2, 0.25) is 0 Å². The van der Waals surface area contributed by atoms with Crippen molar-refractivity contribution in [2.75, 3.05) is 0 Å². The third kappa shape index (κ3) is 2.93. The van der Waals surface area contributed by atoms with Gasteiger partial charge in [-0.25, -0.2) is 0 Å². The van der Waals surface area contributed by atoms with Gasteiger partial charge in [0.1, 0.15) is 0 Å². The van der Waals surface area contributed by atoms with E-state index in [0.29, 0.717) is 0 Å². The van der Waals surface area contributed by atoms with Crippen LogP contribution in [-0.4, -0.2) is 11.6 Å². The van der Waals surface area contributed by atoms with E-state index in [1.807, 2.05) is 48.5 Å². The molecule has 0 aliphatic heterocycles. The van der Waals surface area contributed by atoms with Crippen molar-refractivity contribution in [3.63, 3.8) is 0 Å². The number of allylic oxidation sites excluding steroid dienone is 2. The number of hydrogen-bond donors (Lipinski definition) is 1. The van der Waals surface area contributed by atoms with E-state index in [2.05, 4.69) is 5.32 Å². The molecule has 0 atom stereocenters. The van der Waals surface area contributed by atoms with Crippen LogP contribution in [0.5, 0.6) is 0 Å². The quantitative estimate of drug-likeness (QED) is 0.847. The van der Waals surface area contributed by atoms with Gasteiger partial charge in [0.2, 0.25) is 0 Å². The van der Waals surface area contributed by atoms with Crippen LogP contribution in [0.1, 0.15) is 44.7 Å². The summed E-state index contributed by atoms with van der Waals surface area (Å²) >= 11 is 0. The van der Waals surface area contributed by atoms with Crippen molar-refractivity contribution in [3.8, 4) is 0 Å². The van der Waals surface area contributed by atoms with Gasteiger partial charge in [-0.15, -0.1) is 0 Å². The van der Waals surface area contributed by atoms with Gasteiger partial charge in [0.15, 0.2) is 11.6 Å². The molecule has 2 aromatic carbocycles. The Morgan fingerprint density at radius 1 is 0.640 bits per heavy atom. The van der Waals surface area contributed by atoms with Crippen molar-refractivity contribution in [3.05, 3.63) is 94.3 Å². The van der Waals surface area contributed by atoms with Crippen molar-refractivity contribution in [1.29, 1.82) is 0 Å². The number of fused-ring (bicyclic) bond motifs is 2. The Morgan fingerprint density at radius 2 is 1.08 bits per heavy atom. The molecule has 3 nitrogen and oxygen atoms in total. The molecule has 0 radical (unpaired) electrons. The topological polar surface area (TPSA) is 46.2 Å². The van der Waals surface area contributed by atoms with Gasteiger partial charge in [0.25, 0.3) is 0 Å².